The molecule has 28 heavy (non-hydrogen) atoms. The van der Waals surface area contributed by atoms with Gasteiger partial charge in [0.15, 0.2) is 0 Å². The maximum absolute atomic E-state index is 4.31. The first-order valence-electron chi connectivity index (χ1n) is 10.3. The maximum Gasteiger partial charge on any atom is 0.0116 e. The summed E-state index contributed by atoms with van der Waals surface area (Å²) in [6.45, 7) is 14.9. The summed E-state index contributed by atoms with van der Waals surface area (Å²) in [6.07, 6.45) is 9.62. The number of fused-ring (bicyclic) bond motifs is 1. The second-order valence-electron chi connectivity index (χ2n) is 8.04. The van der Waals surface area contributed by atoms with Crippen molar-refractivity contribution in [3.05, 3.63) is 93.9 Å². The van der Waals surface area contributed by atoms with Gasteiger partial charge in [0.1, 0.15) is 0 Å². The lowest BCUT2D eigenvalue weighted by atomic mass is 9.94. The number of rotatable bonds is 6. The first kappa shape index (κ1) is 20.7. The SMILES string of the molecule is C=C(S/C=C/Cc1cc(C)c(C)cc1C(=C)C)c1ccc2c(c1)CCCCC2. The molecule has 0 nitrogen and oxygen atoms in total. The summed E-state index contributed by atoms with van der Waals surface area (Å²) < 4.78 is 0. The van der Waals surface area contributed by atoms with Gasteiger partial charge in [-0.1, -0.05) is 73.3 Å². The molecule has 0 amide bonds. The van der Waals surface area contributed by atoms with Crippen molar-refractivity contribution in [3.8, 4) is 0 Å². The normalized spacial score (nSPS) is 14.0. The second-order valence-corrected chi connectivity index (χ2v) is 9.04. The lowest BCUT2D eigenvalue weighted by molar-refractivity contribution is 0.711. The molecule has 146 valence electrons. The first-order valence-corrected chi connectivity index (χ1v) is 11.2. The van der Waals surface area contributed by atoms with Gasteiger partial charge in [-0.3, -0.25) is 0 Å². The van der Waals surface area contributed by atoms with E-state index in [2.05, 4.69) is 75.7 Å². The number of aryl methyl sites for hydroxylation is 4. The number of hydrogen-bond acceptors (Lipinski definition) is 1. The third-order valence-electron chi connectivity index (χ3n) is 5.74. The maximum atomic E-state index is 4.31. The predicted molar refractivity (Wildman–Crippen MR) is 128 cm³/mol. The lowest BCUT2D eigenvalue weighted by Crippen LogP contribution is -1.94. The molecule has 1 aliphatic rings. The minimum atomic E-state index is 0.924. The zero-order chi connectivity index (χ0) is 20.1. The molecule has 0 saturated heterocycles. The molecule has 0 aromatic heterocycles. The number of allylic oxidation sites excluding steroid dienone is 2. The van der Waals surface area contributed by atoms with E-state index in [1.807, 2.05) is 0 Å². The fraction of sp³-hybridized carbons (Fsp3) is 0.333. The summed E-state index contributed by atoms with van der Waals surface area (Å²) in [5, 5.41) is 2.19. The molecular weight excluding hydrogens is 356 g/mol. The largest absolute Gasteiger partial charge is 0.0984 e. The summed E-state index contributed by atoms with van der Waals surface area (Å²) in [5.41, 5.74) is 10.8. The molecule has 0 unspecified atom stereocenters. The minimum Gasteiger partial charge on any atom is -0.0984 e. The average Bonchev–Trinajstić information content (AvgIpc) is 2.92. The van der Waals surface area contributed by atoms with Crippen LogP contribution in [0.2, 0.25) is 0 Å². The van der Waals surface area contributed by atoms with Gasteiger partial charge in [0.25, 0.3) is 0 Å². The highest BCUT2D eigenvalue weighted by Gasteiger charge is 2.10. The molecule has 0 aliphatic heterocycles. The summed E-state index contributed by atoms with van der Waals surface area (Å²) in [6, 6.07) is 11.5. The Labute approximate surface area is 175 Å². The van der Waals surface area contributed by atoms with E-state index in [0.29, 0.717) is 0 Å². The third-order valence-corrected chi connectivity index (χ3v) is 6.59. The molecule has 2 aromatic carbocycles. The molecule has 3 rings (SSSR count). The Morgan fingerprint density at radius 3 is 2.43 bits per heavy atom. The Morgan fingerprint density at radius 2 is 1.68 bits per heavy atom. The molecule has 0 heterocycles. The standard InChI is InChI=1S/C27H32S/c1-19(2)27-17-21(4)20(3)16-26(27)12-9-15-28-22(5)24-14-13-23-10-7-6-8-11-25(23)18-24/h9,13-18H,1,5-8,10-12H2,2-4H3/b15-9+. The van der Waals surface area contributed by atoms with Crippen molar-refractivity contribution >= 4 is 22.2 Å². The van der Waals surface area contributed by atoms with Crippen molar-refractivity contribution < 1.29 is 0 Å². The second kappa shape index (κ2) is 9.47. The van der Waals surface area contributed by atoms with Crippen molar-refractivity contribution in [1.29, 1.82) is 0 Å². The van der Waals surface area contributed by atoms with E-state index < -0.39 is 0 Å². The van der Waals surface area contributed by atoms with Crippen LogP contribution in [0.5, 0.6) is 0 Å². The van der Waals surface area contributed by atoms with E-state index >= 15 is 0 Å². The van der Waals surface area contributed by atoms with Crippen LogP contribution in [-0.4, -0.2) is 0 Å². The fourth-order valence-corrected chi connectivity index (χ4v) is 4.52. The van der Waals surface area contributed by atoms with Crippen molar-refractivity contribution in [2.24, 2.45) is 0 Å². The van der Waals surface area contributed by atoms with Crippen LogP contribution in [0.15, 0.2) is 55.0 Å². The van der Waals surface area contributed by atoms with E-state index in [1.54, 1.807) is 11.8 Å². The Bertz CT molecular complexity index is 914. The fourth-order valence-electron chi connectivity index (χ4n) is 3.90. The molecule has 1 heteroatoms. The number of benzene rings is 2. The molecule has 0 bridgehead atoms. The Hall–Kier alpha value is -1.99. The van der Waals surface area contributed by atoms with Crippen LogP contribution in [0.4, 0.5) is 0 Å². The molecular formula is C27H32S. The topological polar surface area (TPSA) is 0 Å². The zero-order valence-electron chi connectivity index (χ0n) is 17.6. The highest BCUT2D eigenvalue weighted by atomic mass is 32.2. The van der Waals surface area contributed by atoms with Crippen LogP contribution in [0, 0.1) is 13.8 Å². The Kier molecular flexibility index (Phi) is 7.02. The Balaban J connectivity index is 1.65. The summed E-state index contributed by atoms with van der Waals surface area (Å²) in [5.74, 6) is 0. The van der Waals surface area contributed by atoms with Crippen LogP contribution < -0.4 is 0 Å². The van der Waals surface area contributed by atoms with Gasteiger partial charge in [-0.2, -0.15) is 0 Å². The molecule has 0 N–H and O–H groups in total. The van der Waals surface area contributed by atoms with Crippen molar-refractivity contribution in [1.82, 2.24) is 0 Å². The van der Waals surface area contributed by atoms with Crippen LogP contribution in [0.3, 0.4) is 0 Å². The molecule has 0 fully saturated rings. The molecule has 0 atom stereocenters. The molecule has 1 aliphatic carbocycles. The van der Waals surface area contributed by atoms with Gasteiger partial charge in [0, 0.05) is 4.91 Å². The van der Waals surface area contributed by atoms with Gasteiger partial charge < -0.3 is 0 Å². The molecule has 2 aromatic rings. The summed E-state index contributed by atoms with van der Waals surface area (Å²) in [7, 11) is 0. The molecule has 0 saturated carbocycles. The van der Waals surface area contributed by atoms with E-state index in [9.17, 15) is 0 Å². The van der Waals surface area contributed by atoms with E-state index in [-0.39, 0.29) is 0 Å². The summed E-state index contributed by atoms with van der Waals surface area (Å²) in [4.78, 5) is 1.13. The highest BCUT2D eigenvalue weighted by molar-refractivity contribution is 8.10. The van der Waals surface area contributed by atoms with Crippen molar-refractivity contribution in [2.75, 3.05) is 0 Å². The zero-order valence-corrected chi connectivity index (χ0v) is 18.4. The van der Waals surface area contributed by atoms with Crippen LogP contribution in [0.1, 0.15) is 65.1 Å². The quantitative estimate of drug-likeness (QED) is 0.451. The Morgan fingerprint density at radius 1 is 0.964 bits per heavy atom. The first-order chi connectivity index (χ1) is 13.5. The predicted octanol–water partition coefficient (Wildman–Crippen LogP) is 8.07. The van der Waals surface area contributed by atoms with E-state index in [4.69, 9.17) is 0 Å². The number of hydrogen-bond donors (Lipinski definition) is 0. The molecule has 0 radical (unpaired) electrons. The number of thioether (sulfide) groups is 1. The van der Waals surface area contributed by atoms with E-state index in [0.717, 1.165) is 16.9 Å². The van der Waals surface area contributed by atoms with Crippen LogP contribution in [0.25, 0.3) is 10.5 Å². The minimum absolute atomic E-state index is 0.924. The lowest BCUT2D eigenvalue weighted by Gasteiger charge is -2.12. The van der Waals surface area contributed by atoms with Gasteiger partial charge in [0.2, 0.25) is 0 Å². The highest BCUT2D eigenvalue weighted by Crippen LogP contribution is 2.30. The van der Waals surface area contributed by atoms with Gasteiger partial charge in [-0.05, 0) is 97.2 Å². The van der Waals surface area contributed by atoms with Gasteiger partial charge >= 0.3 is 0 Å². The van der Waals surface area contributed by atoms with E-state index in [1.165, 1.54) is 71.0 Å². The van der Waals surface area contributed by atoms with Crippen molar-refractivity contribution in [3.63, 3.8) is 0 Å². The third kappa shape index (κ3) is 5.08. The molecule has 0 spiro atoms. The monoisotopic (exact) mass is 388 g/mol. The van der Waals surface area contributed by atoms with Gasteiger partial charge in [-0.15, -0.1) is 0 Å². The van der Waals surface area contributed by atoms with Crippen LogP contribution >= 0.6 is 11.8 Å². The van der Waals surface area contributed by atoms with Crippen LogP contribution in [-0.2, 0) is 19.3 Å². The van der Waals surface area contributed by atoms with Crippen molar-refractivity contribution in [2.45, 2.75) is 59.3 Å². The van der Waals surface area contributed by atoms with Gasteiger partial charge in [-0.25, -0.2) is 0 Å². The van der Waals surface area contributed by atoms with Gasteiger partial charge in [0.05, 0.1) is 0 Å². The smallest absolute Gasteiger partial charge is 0.0116 e. The average molecular weight is 389 g/mol. The summed E-state index contributed by atoms with van der Waals surface area (Å²) >= 11 is 1.73.